The van der Waals surface area contributed by atoms with Gasteiger partial charge in [-0.25, -0.2) is 0 Å². The molecule has 2 aliphatic rings. The molecule has 0 saturated carbocycles. The van der Waals surface area contributed by atoms with Crippen molar-refractivity contribution < 1.29 is 24.8 Å². The largest absolute Gasteiger partial charge is 0.388 e. The summed E-state index contributed by atoms with van der Waals surface area (Å²) in [5.41, 5.74) is 1.19. The first-order chi connectivity index (χ1) is 15.7. The third-order valence-corrected chi connectivity index (χ3v) is 8.34. The number of hydrogen-bond acceptors (Lipinski definition) is 7. The quantitative estimate of drug-likeness (QED) is 0.545. The molecule has 0 spiro atoms. The highest BCUT2D eigenvalue weighted by Crippen LogP contribution is 2.42. The SMILES string of the molecule is COCc1cc(Cl)c(Cc2ccc(CN3CCCC3)s2)cc1[C@]1(C)O[C@H](C)[C@@H](O)[C@H](O)[C@H]1O. The van der Waals surface area contributed by atoms with Gasteiger partial charge >= 0.3 is 0 Å². The van der Waals surface area contributed by atoms with Gasteiger partial charge in [0, 0.05) is 34.9 Å². The molecule has 33 heavy (non-hydrogen) atoms. The van der Waals surface area contributed by atoms with E-state index in [0.717, 1.165) is 17.7 Å². The van der Waals surface area contributed by atoms with Crippen LogP contribution in [0.2, 0.25) is 5.02 Å². The zero-order chi connectivity index (χ0) is 23.8. The lowest BCUT2D eigenvalue weighted by Crippen LogP contribution is -2.61. The molecule has 2 saturated heterocycles. The zero-order valence-electron chi connectivity index (χ0n) is 19.5. The summed E-state index contributed by atoms with van der Waals surface area (Å²) in [6, 6.07) is 8.17. The summed E-state index contributed by atoms with van der Waals surface area (Å²) >= 11 is 8.48. The Hall–Kier alpha value is -1.03. The molecule has 0 bridgehead atoms. The first kappa shape index (κ1) is 25.1. The molecular formula is C25H34ClNO5S. The van der Waals surface area contributed by atoms with Gasteiger partial charge < -0.3 is 24.8 Å². The molecule has 5 atom stereocenters. The highest BCUT2D eigenvalue weighted by molar-refractivity contribution is 7.12. The molecule has 2 aliphatic heterocycles. The van der Waals surface area contributed by atoms with Crippen LogP contribution in [-0.2, 0) is 34.6 Å². The molecule has 3 N–H and O–H groups in total. The minimum absolute atomic E-state index is 0.285. The first-order valence-corrected chi connectivity index (χ1v) is 12.7. The average Bonchev–Trinajstić information content (AvgIpc) is 3.45. The number of halogens is 1. The van der Waals surface area contributed by atoms with E-state index in [2.05, 4.69) is 17.0 Å². The fourth-order valence-corrected chi connectivity index (χ4v) is 6.36. The fraction of sp³-hybridized carbons (Fsp3) is 0.600. The Kier molecular flexibility index (Phi) is 7.83. The van der Waals surface area contributed by atoms with Gasteiger partial charge in [0.05, 0.1) is 12.7 Å². The Morgan fingerprint density at radius 2 is 1.82 bits per heavy atom. The Morgan fingerprint density at radius 1 is 1.12 bits per heavy atom. The van der Waals surface area contributed by atoms with Crippen molar-refractivity contribution in [3.05, 3.63) is 55.7 Å². The predicted molar refractivity (Wildman–Crippen MR) is 130 cm³/mol. The maximum atomic E-state index is 10.9. The van der Waals surface area contributed by atoms with Gasteiger partial charge in [0.2, 0.25) is 0 Å². The number of likely N-dealkylation sites (tertiary alicyclic amines) is 1. The molecule has 1 aromatic heterocycles. The highest BCUT2D eigenvalue weighted by atomic mass is 35.5. The van der Waals surface area contributed by atoms with E-state index in [1.54, 1.807) is 32.3 Å². The van der Waals surface area contributed by atoms with Gasteiger partial charge in [-0.05, 0) is 74.7 Å². The lowest BCUT2D eigenvalue weighted by molar-refractivity contribution is -0.263. The van der Waals surface area contributed by atoms with Crippen molar-refractivity contribution in [3.63, 3.8) is 0 Å². The van der Waals surface area contributed by atoms with E-state index in [1.807, 2.05) is 12.1 Å². The highest BCUT2D eigenvalue weighted by Gasteiger charge is 2.51. The molecule has 2 aromatic rings. The van der Waals surface area contributed by atoms with E-state index in [9.17, 15) is 15.3 Å². The molecule has 3 heterocycles. The van der Waals surface area contributed by atoms with Crippen molar-refractivity contribution >= 4 is 22.9 Å². The number of aliphatic hydroxyl groups is 3. The lowest BCUT2D eigenvalue weighted by atomic mass is 9.79. The second-order valence-corrected chi connectivity index (χ2v) is 11.1. The third-order valence-electron chi connectivity index (χ3n) is 6.92. The van der Waals surface area contributed by atoms with Crippen LogP contribution >= 0.6 is 22.9 Å². The molecule has 0 radical (unpaired) electrons. The number of nitrogens with zero attached hydrogens (tertiary/aromatic N) is 1. The van der Waals surface area contributed by atoms with E-state index < -0.39 is 30.0 Å². The minimum atomic E-state index is -1.32. The second-order valence-electron chi connectivity index (χ2n) is 9.42. The van der Waals surface area contributed by atoms with Crippen LogP contribution in [0.5, 0.6) is 0 Å². The van der Waals surface area contributed by atoms with E-state index in [1.165, 1.54) is 35.7 Å². The fourth-order valence-electron chi connectivity index (χ4n) is 5.02. The number of aliphatic hydroxyl groups excluding tert-OH is 3. The Balaban J connectivity index is 1.64. The number of ether oxygens (including phenoxy) is 2. The molecule has 182 valence electrons. The summed E-state index contributed by atoms with van der Waals surface area (Å²) in [5, 5.41) is 32.2. The van der Waals surface area contributed by atoms with Gasteiger partial charge in [-0.1, -0.05) is 17.7 Å². The van der Waals surface area contributed by atoms with Gasteiger partial charge in [0.25, 0.3) is 0 Å². The third kappa shape index (κ3) is 5.16. The van der Waals surface area contributed by atoms with Crippen LogP contribution in [0.3, 0.4) is 0 Å². The van der Waals surface area contributed by atoms with Crippen molar-refractivity contribution in [2.75, 3.05) is 20.2 Å². The smallest absolute Gasteiger partial charge is 0.120 e. The van der Waals surface area contributed by atoms with Crippen LogP contribution in [-0.4, -0.2) is 64.8 Å². The van der Waals surface area contributed by atoms with Crippen molar-refractivity contribution in [2.45, 2.75) is 76.3 Å². The molecule has 6 nitrogen and oxygen atoms in total. The Morgan fingerprint density at radius 3 is 2.52 bits per heavy atom. The minimum Gasteiger partial charge on any atom is -0.388 e. The first-order valence-electron chi connectivity index (χ1n) is 11.6. The van der Waals surface area contributed by atoms with Gasteiger partial charge in [-0.3, -0.25) is 4.90 Å². The standard InChI is InChI=1S/C25H34ClNO5S/c1-15-22(28)23(29)24(30)25(2,32-15)20-11-16(21(26)12-17(20)14-31-3)10-18-6-7-19(33-18)13-27-8-4-5-9-27/h6-7,11-12,15,22-24,28-30H,4-5,8-10,13-14H2,1-3H3/t15-,22-,23+,24-,25+/m1/s1. The molecule has 0 aliphatic carbocycles. The predicted octanol–water partition coefficient (Wildman–Crippen LogP) is 3.45. The molecule has 8 heteroatoms. The number of thiophene rings is 1. The average molecular weight is 496 g/mol. The molecule has 0 unspecified atom stereocenters. The summed E-state index contributed by atoms with van der Waals surface area (Å²) in [4.78, 5) is 5.06. The number of hydrogen-bond donors (Lipinski definition) is 3. The normalized spacial score (nSPS) is 30.8. The van der Waals surface area contributed by atoms with Crippen LogP contribution in [0.4, 0.5) is 0 Å². The molecule has 0 amide bonds. The van der Waals surface area contributed by atoms with Crippen LogP contribution in [0.25, 0.3) is 0 Å². The van der Waals surface area contributed by atoms with E-state index in [4.69, 9.17) is 21.1 Å². The van der Waals surface area contributed by atoms with Crippen LogP contribution in [0.1, 0.15) is 53.1 Å². The van der Waals surface area contributed by atoms with Gasteiger partial charge in [-0.15, -0.1) is 11.3 Å². The summed E-state index contributed by atoms with van der Waals surface area (Å²) in [6.45, 7) is 7.05. The van der Waals surface area contributed by atoms with E-state index >= 15 is 0 Å². The van der Waals surface area contributed by atoms with Crippen molar-refractivity contribution in [2.24, 2.45) is 0 Å². The monoisotopic (exact) mass is 495 g/mol. The summed E-state index contributed by atoms with van der Waals surface area (Å²) in [5.74, 6) is 0. The van der Waals surface area contributed by atoms with E-state index in [-0.39, 0.29) is 6.61 Å². The van der Waals surface area contributed by atoms with Crippen molar-refractivity contribution in [1.82, 2.24) is 4.90 Å². The summed E-state index contributed by atoms with van der Waals surface area (Å²) < 4.78 is 11.5. The maximum Gasteiger partial charge on any atom is 0.120 e. The second kappa shape index (κ2) is 10.3. The Bertz CT molecular complexity index is 962. The number of methoxy groups -OCH3 is 1. The summed E-state index contributed by atoms with van der Waals surface area (Å²) in [6.07, 6.45) is -1.21. The topological polar surface area (TPSA) is 82.4 Å². The van der Waals surface area contributed by atoms with Gasteiger partial charge in [0.15, 0.2) is 0 Å². The van der Waals surface area contributed by atoms with Crippen LogP contribution in [0.15, 0.2) is 24.3 Å². The van der Waals surface area contributed by atoms with E-state index in [0.29, 0.717) is 17.0 Å². The van der Waals surface area contributed by atoms with Crippen LogP contribution < -0.4 is 0 Å². The Labute approximate surface area is 204 Å². The lowest BCUT2D eigenvalue weighted by Gasteiger charge is -2.47. The zero-order valence-corrected chi connectivity index (χ0v) is 21.0. The summed E-state index contributed by atoms with van der Waals surface area (Å²) in [7, 11) is 1.60. The van der Waals surface area contributed by atoms with Crippen molar-refractivity contribution in [3.8, 4) is 0 Å². The molecule has 1 aromatic carbocycles. The maximum absolute atomic E-state index is 10.9. The van der Waals surface area contributed by atoms with Gasteiger partial charge in [-0.2, -0.15) is 0 Å². The molecule has 4 rings (SSSR count). The molecular weight excluding hydrogens is 462 g/mol. The molecule has 2 fully saturated rings. The number of rotatable bonds is 7. The van der Waals surface area contributed by atoms with Crippen molar-refractivity contribution in [1.29, 1.82) is 0 Å². The van der Waals surface area contributed by atoms with Crippen LogP contribution in [0, 0.1) is 0 Å². The number of benzene rings is 1. The van der Waals surface area contributed by atoms with Gasteiger partial charge in [0.1, 0.15) is 23.9 Å².